The Hall–Kier alpha value is -1.88. The monoisotopic (exact) mass is 369 g/mol. The topological polar surface area (TPSA) is 61.4 Å². The second-order valence-electron chi connectivity index (χ2n) is 8.53. The Morgan fingerprint density at radius 3 is 2.63 bits per heavy atom. The Labute approximate surface area is 161 Å². The molecule has 5 heteroatoms. The van der Waals surface area contributed by atoms with E-state index in [0.29, 0.717) is 17.5 Å². The second-order valence-corrected chi connectivity index (χ2v) is 8.53. The van der Waals surface area contributed by atoms with E-state index in [9.17, 15) is 9.59 Å². The average Bonchev–Trinajstić information content (AvgIpc) is 3.08. The SMILES string of the molecule is CC1CC(NC(=O)C2CC3CCCCC3N2C(=O)c2ccccc2)CCN1. The molecule has 2 amide bonds. The van der Waals surface area contributed by atoms with Crippen LogP contribution in [0.3, 0.4) is 0 Å². The minimum Gasteiger partial charge on any atom is -0.351 e. The van der Waals surface area contributed by atoms with Crippen LogP contribution in [0.2, 0.25) is 0 Å². The predicted molar refractivity (Wildman–Crippen MR) is 105 cm³/mol. The van der Waals surface area contributed by atoms with Crippen LogP contribution >= 0.6 is 0 Å². The standard InChI is InChI=1S/C22H31N3O2/c1-15-13-18(11-12-23-15)24-21(26)20-14-17-9-5-6-10-19(17)25(20)22(27)16-7-3-2-4-8-16/h2-4,7-8,15,17-20,23H,5-6,9-14H2,1H3,(H,24,26). The molecule has 0 bridgehead atoms. The van der Waals surface area contributed by atoms with E-state index in [2.05, 4.69) is 17.6 Å². The maximum atomic E-state index is 13.3. The summed E-state index contributed by atoms with van der Waals surface area (Å²) in [6.45, 7) is 3.10. The molecule has 2 saturated heterocycles. The van der Waals surface area contributed by atoms with Crippen molar-refractivity contribution in [1.29, 1.82) is 0 Å². The van der Waals surface area contributed by atoms with Gasteiger partial charge >= 0.3 is 0 Å². The van der Waals surface area contributed by atoms with Crippen molar-refractivity contribution in [1.82, 2.24) is 15.5 Å². The van der Waals surface area contributed by atoms with E-state index in [-0.39, 0.29) is 29.9 Å². The van der Waals surface area contributed by atoms with Crippen molar-refractivity contribution in [2.45, 2.75) is 76.0 Å². The fraction of sp³-hybridized carbons (Fsp3) is 0.636. The summed E-state index contributed by atoms with van der Waals surface area (Å²) in [5.41, 5.74) is 0.692. The molecule has 2 aliphatic heterocycles. The Bertz CT molecular complexity index is 677. The van der Waals surface area contributed by atoms with Crippen LogP contribution in [-0.4, -0.2) is 47.4 Å². The van der Waals surface area contributed by atoms with Crippen LogP contribution in [0.4, 0.5) is 0 Å². The lowest BCUT2D eigenvalue weighted by molar-refractivity contribution is -0.126. The maximum absolute atomic E-state index is 13.3. The van der Waals surface area contributed by atoms with Crippen molar-refractivity contribution in [3.8, 4) is 0 Å². The van der Waals surface area contributed by atoms with Crippen LogP contribution < -0.4 is 10.6 Å². The summed E-state index contributed by atoms with van der Waals surface area (Å²) in [6.07, 6.45) is 7.26. The molecule has 3 aliphatic rings. The normalized spacial score (nSPS) is 33.4. The third-order valence-electron chi connectivity index (χ3n) is 6.62. The molecular weight excluding hydrogens is 338 g/mol. The molecule has 146 valence electrons. The maximum Gasteiger partial charge on any atom is 0.254 e. The van der Waals surface area contributed by atoms with E-state index < -0.39 is 0 Å². The molecule has 5 nitrogen and oxygen atoms in total. The summed E-state index contributed by atoms with van der Waals surface area (Å²) in [6, 6.07) is 9.98. The van der Waals surface area contributed by atoms with Gasteiger partial charge in [-0.15, -0.1) is 0 Å². The van der Waals surface area contributed by atoms with Gasteiger partial charge in [-0.2, -0.15) is 0 Å². The van der Waals surface area contributed by atoms with Crippen LogP contribution in [0.15, 0.2) is 30.3 Å². The van der Waals surface area contributed by atoms with Crippen molar-refractivity contribution < 1.29 is 9.59 Å². The van der Waals surface area contributed by atoms with Gasteiger partial charge in [-0.3, -0.25) is 9.59 Å². The summed E-state index contributed by atoms with van der Waals surface area (Å²) in [5, 5.41) is 6.69. The molecule has 1 aromatic rings. The molecule has 4 rings (SSSR count). The molecule has 3 fully saturated rings. The molecule has 5 atom stereocenters. The largest absolute Gasteiger partial charge is 0.351 e. The summed E-state index contributed by atoms with van der Waals surface area (Å²) < 4.78 is 0. The molecule has 2 N–H and O–H groups in total. The Balaban J connectivity index is 1.53. The highest BCUT2D eigenvalue weighted by Crippen LogP contribution is 2.40. The van der Waals surface area contributed by atoms with Crippen molar-refractivity contribution in [3.63, 3.8) is 0 Å². The minimum absolute atomic E-state index is 0.0174. The van der Waals surface area contributed by atoms with Gasteiger partial charge in [-0.1, -0.05) is 31.0 Å². The zero-order valence-corrected chi connectivity index (χ0v) is 16.2. The lowest BCUT2D eigenvalue weighted by Crippen LogP contribution is -2.53. The molecule has 1 aliphatic carbocycles. The van der Waals surface area contributed by atoms with Gasteiger partial charge in [0, 0.05) is 23.7 Å². The van der Waals surface area contributed by atoms with Crippen LogP contribution in [0, 0.1) is 5.92 Å². The van der Waals surface area contributed by atoms with Crippen molar-refractivity contribution in [3.05, 3.63) is 35.9 Å². The van der Waals surface area contributed by atoms with Gasteiger partial charge in [0.1, 0.15) is 6.04 Å². The van der Waals surface area contributed by atoms with Crippen LogP contribution in [0.25, 0.3) is 0 Å². The van der Waals surface area contributed by atoms with E-state index in [0.717, 1.165) is 45.1 Å². The number of amides is 2. The number of hydrogen-bond donors (Lipinski definition) is 2. The molecule has 0 radical (unpaired) electrons. The van der Waals surface area contributed by atoms with Gasteiger partial charge in [-0.25, -0.2) is 0 Å². The number of fused-ring (bicyclic) bond motifs is 1. The number of nitrogens with zero attached hydrogens (tertiary/aromatic N) is 1. The van der Waals surface area contributed by atoms with Gasteiger partial charge in [0.25, 0.3) is 5.91 Å². The first-order chi connectivity index (χ1) is 13.1. The zero-order chi connectivity index (χ0) is 18.8. The number of nitrogens with one attached hydrogen (secondary N) is 2. The fourth-order valence-electron chi connectivity index (χ4n) is 5.28. The quantitative estimate of drug-likeness (QED) is 0.861. The average molecular weight is 370 g/mol. The first-order valence-electron chi connectivity index (χ1n) is 10.5. The van der Waals surface area contributed by atoms with Gasteiger partial charge in [0.05, 0.1) is 0 Å². The van der Waals surface area contributed by atoms with Gasteiger partial charge in [-0.05, 0) is 63.6 Å². The van der Waals surface area contributed by atoms with Crippen molar-refractivity contribution in [2.24, 2.45) is 5.92 Å². The molecule has 2 heterocycles. The van der Waals surface area contributed by atoms with Gasteiger partial charge < -0.3 is 15.5 Å². The molecule has 0 aromatic heterocycles. The van der Waals surface area contributed by atoms with E-state index in [1.165, 1.54) is 6.42 Å². The minimum atomic E-state index is -0.323. The second kappa shape index (κ2) is 8.01. The zero-order valence-electron chi connectivity index (χ0n) is 16.2. The smallest absolute Gasteiger partial charge is 0.254 e. The van der Waals surface area contributed by atoms with E-state index in [4.69, 9.17) is 0 Å². The highest BCUT2D eigenvalue weighted by Gasteiger charge is 2.47. The number of hydrogen-bond acceptors (Lipinski definition) is 3. The number of rotatable bonds is 3. The Morgan fingerprint density at radius 1 is 1.07 bits per heavy atom. The first-order valence-corrected chi connectivity index (χ1v) is 10.5. The summed E-state index contributed by atoms with van der Waals surface area (Å²) in [4.78, 5) is 28.4. The van der Waals surface area contributed by atoms with E-state index in [1.54, 1.807) is 0 Å². The molecule has 1 saturated carbocycles. The van der Waals surface area contributed by atoms with Crippen LogP contribution in [0.5, 0.6) is 0 Å². The third kappa shape index (κ3) is 3.88. The number of carbonyl (C=O) groups is 2. The number of benzene rings is 1. The summed E-state index contributed by atoms with van der Waals surface area (Å²) >= 11 is 0. The van der Waals surface area contributed by atoms with Gasteiger partial charge in [0.15, 0.2) is 0 Å². The molecule has 27 heavy (non-hydrogen) atoms. The van der Waals surface area contributed by atoms with Crippen molar-refractivity contribution in [2.75, 3.05) is 6.54 Å². The highest BCUT2D eigenvalue weighted by atomic mass is 16.2. The van der Waals surface area contributed by atoms with Crippen LogP contribution in [-0.2, 0) is 4.79 Å². The summed E-state index contributed by atoms with van der Waals surface area (Å²) in [5.74, 6) is 0.533. The lowest BCUT2D eigenvalue weighted by Gasteiger charge is -2.35. The first kappa shape index (κ1) is 18.5. The van der Waals surface area contributed by atoms with Gasteiger partial charge in [0.2, 0.25) is 5.91 Å². The highest BCUT2D eigenvalue weighted by molar-refractivity contribution is 5.98. The third-order valence-corrected chi connectivity index (χ3v) is 6.62. The van der Waals surface area contributed by atoms with Crippen LogP contribution in [0.1, 0.15) is 62.2 Å². The molecular formula is C22H31N3O2. The van der Waals surface area contributed by atoms with E-state index in [1.807, 2.05) is 35.2 Å². The molecule has 0 spiro atoms. The molecule has 5 unspecified atom stereocenters. The number of piperidine rings is 1. The van der Waals surface area contributed by atoms with Crippen molar-refractivity contribution >= 4 is 11.8 Å². The lowest BCUT2D eigenvalue weighted by atomic mass is 9.84. The molecule has 1 aromatic carbocycles. The fourth-order valence-corrected chi connectivity index (χ4v) is 5.28. The number of likely N-dealkylation sites (tertiary alicyclic amines) is 1. The summed E-state index contributed by atoms with van der Waals surface area (Å²) in [7, 11) is 0. The Morgan fingerprint density at radius 2 is 1.85 bits per heavy atom. The van der Waals surface area contributed by atoms with E-state index >= 15 is 0 Å². The Kier molecular flexibility index (Phi) is 5.48. The number of carbonyl (C=O) groups excluding carboxylic acids is 2. The predicted octanol–water partition coefficient (Wildman–Crippen LogP) is 2.72.